The maximum atomic E-state index is 11.8. The van der Waals surface area contributed by atoms with Gasteiger partial charge >= 0.3 is 0 Å². The Morgan fingerprint density at radius 1 is 0.810 bits per heavy atom. The molecule has 0 aliphatic heterocycles. The predicted molar refractivity (Wildman–Crippen MR) is 90.0 cm³/mol. The Kier molecular flexibility index (Phi) is 5.04. The van der Waals surface area contributed by atoms with Crippen LogP contribution in [0.4, 0.5) is 0 Å². The predicted octanol–water partition coefficient (Wildman–Crippen LogP) is 6.02. The lowest BCUT2D eigenvalue weighted by Gasteiger charge is -2.13. The molecule has 0 spiro atoms. The van der Waals surface area contributed by atoms with Crippen molar-refractivity contribution in [1.29, 1.82) is 0 Å². The van der Waals surface area contributed by atoms with Crippen LogP contribution in [0, 0.1) is 0 Å². The molecule has 0 fully saturated rings. The van der Waals surface area contributed by atoms with Gasteiger partial charge in [0.1, 0.15) is 0 Å². The van der Waals surface area contributed by atoms with Crippen LogP contribution >= 0.6 is 58.0 Å². The molecule has 2 aromatic rings. The summed E-state index contributed by atoms with van der Waals surface area (Å²) in [6.45, 7) is 0. The molecular weight excluding hydrogens is 397 g/mol. The number of hydrogen-bond acceptors (Lipinski definition) is 2. The fraction of sp³-hybridized carbons (Fsp3) is 0.0769. The van der Waals surface area contributed by atoms with Gasteiger partial charge in [0.15, 0.2) is 9.84 Å². The summed E-state index contributed by atoms with van der Waals surface area (Å²) in [6.07, 6.45) is 1.04. The second kappa shape index (κ2) is 6.15. The molecular formula is C13H7Cl5O2S. The van der Waals surface area contributed by atoms with Crippen LogP contribution < -0.4 is 0 Å². The molecule has 0 aromatic heterocycles. The first-order chi connectivity index (χ1) is 9.62. The molecule has 0 heterocycles. The van der Waals surface area contributed by atoms with E-state index in [0.29, 0.717) is 21.2 Å². The van der Waals surface area contributed by atoms with Crippen molar-refractivity contribution in [2.24, 2.45) is 0 Å². The Balaban J connectivity index is 2.85. The molecule has 0 N–H and O–H groups in total. The maximum Gasteiger partial charge on any atom is 0.177 e. The lowest BCUT2D eigenvalue weighted by atomic mass is 10.1. The van der Waals surface area contributed by atoms with Crippen molar-refractivity contribution >= 4 is 67.8 Å². The smallest absolute Gasteiger partial charge is 0.177 e. The lowest BCUT2D eigenvalue weighted by Crippen LogP contribution is -2.00. The van der Waals surface area contributed by atoms with Gasteiger partial charge in [0.2, 0.25) is 0 Å². The normalized spacial score (nSPS) is 11.7. The van der Waals surface area contributed by atoms with Gasteiger partial charge in [-0.15, -0.1) is 0 Å². The first-order valence-corrected chi connectivity index (χ1v) is 9.24. The highest BCUT2D eigenvalue weighted by Gasteiger charge is 2.22. The van der Waals surface area contributed by atoms with Gasteiger partial charge in [0.05, 0.1) is 30.0 Å². The fourth-order valence-corrected chi connectivity index (χ4v) is 4.07. The van der Waals surface area contributed by atoms with Crippen LogP contribution in [0.2, 0.25) is 25.1 Å². The summed E-state index contributed by atoms with van der Waals surface area (Å²) in [6, 6.07) is 5.96. The standard InChI is InChI=1S/C13H7Cl5O2S/c1-21(19,20)10-5-9(16)12(17)11(13(10)18)6-2-3-7(14)8(15)4-6/h2-5H,1H3. The molecule has 0 unspecified atom stereocenters. The molecule has 21 heavy (non-hydrogen) atoms. The SMILES string of the molecule is CS(=O)(=O)c1cc(Cl)c(Cl)c(-c2ccc(Cl)c(Cl)c2)c1Cl. The molecule has 0 aliphatic carbocycles. The molecule has 0 radical (unpaired) electrons. The monoisotopic (exact) mass is 402 g/mol. The van der Waals surface area contributed by atoms with Crippen molar-refractivity contribution in [3.05, 3.63) is 49.4 Å². The third-order valence-electron chi connectivity index (χ3n) is 2.73. The van der Waals surface area contributed by atoms with Gasteiger partial charge < -0.3 is 0 Å². The van der Waals surface area contributed by atoms with Gasteiger partial charge in [-0.3, -0.25) is 0 Å². The molecule has 8 heteroatoms. The molecule has 0 aliphatic rings. The Hall–Kier alpha value is -0.160. The van der Waals surface area contributed by atoms with Gasteiger partial charge in [-0.1, -0.05) is 64.1 Å². The molecule has 0 bridgehead atoms. The molecule has 2 rings (SSSR count). The second-order valence-corrected chi connectivity index (χ2v) is 8.22. The van der Waals surface area contributed by atoms with Crippen LogP contribution in [0.3, 0.4) is 0 Å². The largest absolute Gasteiger partial charge is 0.224 e. The minimum atomic E-state index is -3.56. The van der Waals surface area contributed by atoms with E-state index in [9.17, 15) is 8.42 Å². The van der Waals surface area contributed by atoms with Gasteiger partial charge in [0, 0.05) is 11.8 Å². The van der Waals surface area contributed by atoms with Crippen LogP contribution in [0.1, 0.15) is 0 Å². The quantitative estimate of drug-likeness (QED) is 0.573. The minimum Gasteiger partial charge on any atom is -0.224 e. The average molecular weight is 405 g/mol. The zero-order valence-electron chi connectivity index (χ0n) is 10.4. The van der Waals surface area contributed by atoms with E-state index in [1.165, 1.54) is 6.07 Å². The number of hydrogen-bond donors (Lipinski definition) is 0. The molecule has 0 saturated heterocycles. The van der Waals surface area contributed by atoms with E-state index in [1.54, 1.807) is 18.2 Å². The zero-order chi connectivity index (χ0) is 15.9. The summed E-state index contributed by atoms with van der Waals surface area (Å²) < 4.78 is 23.6. The summed E-state index contributed by atoms with van der Waals surface area (Å²) in [5.74, 6) is 0. The average Bonchev–Trinajstić information content (AvgIpc) is 2.37. The van der Waals surface area contributed by atoms with Gasteiger partial charge in [0.25, 0.3) is 0 Å². The Bertz CT molecular complexity index is 831. The highest BCUT2D eigenvalue weighted by atomic mass is 35.5. The van der Waals surface area contributed by atoms with Crippen LogP contribution in [0.5, 0.6) is 0 Å². The minimum absolute atomic E-state index is 0.00899. The lowest BCUT2D eigenvalue weighted by molar-refractivity contribution is 0.602. The van der Waals surface area contributed by atoms with Crippen molar-refractivity contribution in [1.82, 2.24) is 0 Å². The molecule has 0 amide bonds. The molecule has 0 saturated carbocycles. The molecule has 2 aromatic carbocycles. The molecule has 112 valence electrons. The van der Waals surface area contributed by atoms with E-state index in [4.69, 9.17) is 58.0 Å². The highest BCUT2D eigenvalue weighted by Crippen LogP contribution is 2.44. The van der Waals surface area contributed by atoms with Gasteiger partial charge in [-0.25, -0.2) is 8.42 Å². The third kappa shape index (κ3) is 3.44. The first-order valence-electron chi connectivity index (χ1n) is 5.46. The van der Waals surface area contributed by atoms with Crippen molar-refractivity contribution in [3.8, 4) is 11.1 Å². The summed E-state index contributed by atoms with van der Waals surface area (Å²) in [4.78, 5) is -0.0976. The summed E-state index contributed by atoms with van der Waals surface area (Å²) >= 11 is 30.2. The van der Waals surface area contributed by atoms with Crippen molar-refractivity contribution in [2.45, 2.75) is 4.90 Å². The zero-order valence-corrected chi connectivity index (χ0v) is 15.0. The summed E-state index contributed by atoms with van der Waals surface area (Å²) in [5, 5.41) is 0.875. The van der Waals surface area contributed by atoms with E-state index < -0.39 is 9.84 Å². The van der Waals surface area contributed by atoms with Crippen LogP contribution in [-0.4, -0.2) is 14.7 Å². The summed E-state index contributed by atoms with van der Waals surface area (Å²) in [7, 11) is -3.56. The second-order valence-electron chi connectivity index (χ2n) is 4.26. The van der Waals surface area contributed by atoms with Gasteiger partial charge in [-0.05, 0) is 23.8 Å². The number of rotatable bonds is 2. The van der Waals surface area contributed by atoms with Gasteiger partial charge in [-0.2, -0.15) is 0 Å². The molecule has 2 nitrogen and oxygen atoms in total. The van der Waals surface area contributed by atoms with E-state index in [-0.39, 0.29) is 20.0 Å². The summed E-state index contributed by atoms with van der Waals surface area (Å²) in [5.41, 5.74) is 0.816. The topological polar surface area (TPSA) is 34.1 Å². The van der Waals surface area contributed by atoms with Crippen LogP contribution in [0.15, 0.2) is 29.2 Å². The Morgan fingerprint density at radius 2 is 1.43 bits per heavy atom. The van der Waals surface area contributed by atoms with Crippen molar-refractivity contribution < 1.29 is 8.42 Å². The maximum absolute atomic E-state index is 11.8. The first kappa shape index (κ1) is 17.2. The van der Waals surface area contributed by atoms with E-state index >= 15 is 0 Å². The number of halogens is 5. The van der Waals surface area contributed by atoms with E-state index in [2.05, 4.69) is 0 Å². The third-order valence-corrected chi connectivity index (χ3v) is 5.88. The van der Waals surface area contributed by atoms with Crippen LogP contribution in [-0.2, 0) is 9.84 Å². The Labute approximate surface area is 147 Å². The van der Waals surface area contributed by atoms with Crippen molar-refractivity contribution in [3.63, 3.8) is 0 Å². The number of sulfone groups is 1. The van der Waals surface area contributed by atoms with E-state index in [0.717, 1.165) is 6.26 Å². The van der Waals surface area contributed by atoms with Crippen molar-refractivity contribution in [2.75, 3.05) is 6.26 Å². The highest BCUT2D eigenvalue weighted by molar-refractivity contribution is 7.90. The number of benzene rings is 2. The Morgan fingerprint density at radius 3 is 1.95 bits per heavy atom. The van der Waals surface area contributed by atoms with Crippen LogP contribution in [0.25, 0.3) is 11.1 Å². The fourth-order valence-electron chi connectivity index (χ4n) is 1.76. The van der Waals surface area contributed by atoms with E-state index in [1.807, 2.05) is 0 Å². The molecule has 0 atom stereocenters.